The van der Waals surface area contributed by atoms with Gasteiger partial charge in [0.1, 0.15) is 11.5 Å². The van der Waals surface area contributed by atoms with Crippen LogP contribution in [0, 0.1) is 5.82 Å². The van der Waals surface area contributed by atoms with Crippen LogP contribution in [0.1, 0.15) is 0 Å². The van der Waals surface area contributed by atoms with Crippen LogP contribution in [0.5, 0.6) is 11.5 Å². The maximum absolute atomic E-state index is 13.5. The molecule has 0 heterocycles. The van der Waals surface area contributed by atoms with Gasteiger partial charge in [-0.1, -0.05) is 24.3 Å². The molecule has 0 saturated carbocycles. The number of ether oxygens (including phenoxy) is 1. The van der Waals surface area contributed by atoms with Crippen molar-refractivity contribution in [1.82, 2.24) is 0 Å². The molecule has 0 aliphatic carbocycles. The van der Waals surface area contributed by atoms with Crippen LogP contribution in [0.15, 0.2) is 53.5 Å². The maximum atomic E-state index is 13.5. The largest absolute Gasteiger partial charge is 0.452 e. The number of alkyl halides is 1. The number of amidine groups is 1. The van der Waals surface area contributed by atoms with Crippen molar-refractivity contribution in [2.24, 2.45) is 10.7 Å². The lowest BCUT2D eigenvalue weighted by atomic mass is 10.3. The third-order valence-electron chi connectivity index (χ3n) is 2.32. The molecule has 2 aromatic carbocycles. The van der Waals surface area contributed by atoms with E-state index >= 15 is 0 Å². The second kappa shape index (κ2) is 6.20. The lowest BCUT2D eigenvalue weighted by Crippen LogP contribution is -2.12. The van der Waals surface area contributed by atoms with E-state index in [1.807, 2.05) is 0 Å². The van der Waals surface area contributed by atoms with Crippen molar-refractivity contribution in [3.63, 3.8) is 0 Å². The summed E-state index contributed by atoms with van der Waals surface area (Å²) in [7, 11) is 0. The van der Waals surface area contributed by atoms with E-state index < -0.39 is 5.82 Å². The highest BCUT2D eigenvalue weighted by molar-refractivity contribution is 6.28. The van der Waals surface area contributed by atoms with Gasteiger partial charge in [0.15, 0.2) is 17.3 Å². The second-order valence-electron chi connectivity index (χ2n) is 3.74. The molecule has 19 heavy (non-hydrogen) atoms. The summed E-state index contributed by atoms with van der Waals surface area (Å²) in [4.78, 5) is 4.12. The second-order valence-corrected chi connectivity index (χ2v) is 4.00. The Balaban J connectivity index is 2.33. The molecule has 0 radical (unpaired) electrons. The van der Waals surface area contributed by atoms with E-state index in [-0.39, 0.29) is 17.5 Å². The zero-order valence-electron chi connectivity index (χ0n) is 10.0. The Kier molecular flexibility index (Phi) is 4.36. The van der Waals surface area contributed by atoms with Crippen LogP contribution in [0.3, 0.4) is 0 Å². The van der Waals surface area contributed by atoms with Crippen LogP contribution >= 0.6 is 11.6 Å². The summed E-state index contributed by atoms with van der Waals surface area (Å²) in [6, 6.07) is 13.1. The first-order valence-electron chi connectivity index (χ1n) is 5.61. The van der Waals surface area contributed by atoms with Crippen molar-refractivity contribution in [2.75, 3.05) is 5.88 Å². The molecule has 2 N–H and O–H groups in total. The van der Waals surface area contributed by atoms with Gasteiger partial charge < -0.3 is 10.5 Å². The molecule has 2 aromatic rings. The maximum Gasteiger partial charge on any atom is 0.165 e. The predicted octanol–water partition coefficient (Wildman–Crippen LogP) is 3.85. The van der Waals surface area contributed by atoms with E-state index in [2.05, 4.69) is 4.99 Å². The fourth-order valence-electron chi connectivity index (χ4n) is 1.47. The summed E-state index contributed by atoms with van der Waals surface area (Å²) in [6.45, 7) is 0. The minimum absolute atomic E-state index is 0.119. The SMILES string of the molecule is NC(CCl)=Nc1ccccc1Oc1ccccc1F. The fraction of sp³-hybridized carbons (Fsp3) is 0.0714. The number of halogens is 2. The minimum Gasteiger partial charge on any atom is -0.452 e. The van der Waals surface area contributed by atoms with Gasteiger partial charge in [0.2, 0.25) is 0 Å². The Morgan fingerprint density at radius 1 is 1.11 bits per heavy atom. The highest BCUT2D eigenvalue weighted by atomic mass is 35.5. The number of rotatable bonds is 4. The summed E-state index contributed by atoms with van der Waals surface area (Å²) in [5.41, 5.74) is 6.09. The van der Waals surface area contributed by atoms with Crippen LogP contribution in [0.25, 0.3) is 0 Å². The molecule has 0 saturated heterocycles. The molecule has 0 aromatic heterocycles. The topological polar surface area (TPSA) is 47.6 Å². The van der Waals surface area contributed by atoms with Gasteiger partial charge >= 0.3 is 0 Å². The average Bonchev–Trinajstić information content (AvgIpc) is 2.43. The number of aliphatic imine (C=N–C) groups is 1. The lowest BCUT2D eigenvalue weighted by molar-refractivity contribution is 0.443. The molecule has 0 aliphatic heterocycles. The van der Waals surface area contributed by atoms with Gasteiger partial charge in [0.25, 0.3) is 0 Å². The van der Waals surface area contributed by atoms with Gasteiger partial charge in [-0.25, -0.2) is 9.38 Å². The zero-order valence-corrected chi connectivity index (χ0v) is 10.8. The van der Waals surface area contributed by atoms with Crippen molar-refractivity contribution in [3.05, 3.63) is 54.3 Å². The summed E-state index contributed by atoms with van der Waals surface area (Å²) in [6.07, 6.45) is 0. The van der Waals surface area contributed by atoms with Gasteiger partial charge in [-0.3, -0.25) is 0 Å². The molecule has 5 heteroatoms. The third-order valence-corrected chi connectivity index (χ3v) is 2.60. The Labute approximate surface area is 115 Å². The smallest absolute Gasteiger partial charge is 0.165 e. The van der Waals surface area contributed by atoms with Gasteiger partial charge in [0.05, 0.1) is 5.88 Å². The lowest BCUT2D eigenvalue weighted by Gasteiger charge is -2.09. The monoisotopic (exact) mass is 278 g/mol. The first kappa shape index (κ1) is 13.4. The minimum atomic E-state index is -0.438. The van der Waals surface area contributed by atoms with E-state index in [0.29, 0.717) is 11.4 Å². The predicted molar refractivity (Wildman–Crippen MR) is 74.9 cm³/mol. The summed E-state index contributed by atoms with van der Waals surface area (Å²) >= 11 is 5.58. The molecule has 0 atom stereocenters. The van der Waals surface area contributed by atoms with Crippen LogP contribution in [0.2, 0.25) is 0 Å². The Morgan fingerprint density at radius 2 is 1.74 bits per heavy atom. The number of hydrogen-bond donors (Lipinski definition) is 1. The molecule has 0 fully saturated rings. The van der Waals surface area contributed by atoms with E-state index in [4.69, 9.17) is 22.1 Å². The summed E-state index contributed by atoms with van der Waals surface area (Å²) in [5, 5.41) is 0. The number of para-hydroxylation sites is 3. The summed E-state index contributed by atoms with van der Waals surface area (Å²) < 4.78 is 19.0. The molecular weight excluding hydrogens is 267 g/mol. The van der Waals surface area contributed by atoms with E-state index in [9.17, 15) is 4.39 Å². The molecule has 3 nitrogen and oxygen atoms in total. The highest BCUT2D eigenvalue weighted by Crippen LogP contribution is 2.32. The first-order valence-corrected chi connectivity index (χ1v) is 6.14. The zero-order chi connectivity index (χ0) is 13.7. The Morgan fingerprint density at radius 3 is 2.42 bits per heavy atom. The van der Waals surface area contributed by atoms with Crippen LogP contribution in [-0.4, -0.2) is 11.7 Å². The molecule has 0 aliphatic rings. The third kappa shape index (κ3) is 3.45. The molecule has 0 spiro atoms. The van der Waals surface area contributed by atoms with Crippen LogP contribution in [-0.2, 0) is 0 Å². The van der Waals surface area contributed by atoms with Gasteiger partial charge in [-0.05, 0) is 24.3 Å². The van der Waals surface area contributed by atoms with Gasteiger partial charge in [-0.15, -0.1) is 11.6 Å². The van der Waals surface area contributed by atoms with Crippen LogP contribution in [0.4, 0.5) is 10.1 Å². The van der Waals surface area contributed by atoms with Crippen molar-refractivity contribution < 1.29 is 9.13 Å². The molecular formula is C14H12ClFN2O. The molecule has 2 rings (SSSR count). The van der Waals surface area contributed by atoms with E-state index in [1.54, 1.807) is 42.5 Å². The first-order chi connectivity index (χ1) is 9.20. The van der Waals surface area contributed by atoms with E-state index in [0.717, 1.165) is 0 Å². The number of nitrogens with two attached hydrogens (primary N) is 1. The van der Waals surface area contributed by atoms with Crippen molar-refractivity contribution in [2.45, 2.75) is 0 Å². The normalized spacial score (nSPS) is 11.4. The quantitative estimate of drug-likeness (QED) is 0.525. The molecule has 98 valence electrons. The molecule has 0 amide bonds. The number of hydrogen-bond acceptors (Lipinski definition) is 2. The van der Waals surface area contributed by atoms with Crippen molar-refractivity contribution in [3.8, 4) is 11.5 Å². The van der Waals surface area contributed by atoms with Gasteiger partial charge in [-0.2, -0.15) is 0 Å². The highest BCUT2D eigenvalue weighted by Gasteiger charge is 2.07. The average molecular weight is 279 g/mol. The Hall–Kier alpha value is -2.07. The van der Waals surface area contributed by atoms with Crippen LogP contribution < -0.4 is 10.5 Å². The fourth-order valence-corrected chi connectivity index (χ4v) is 1.53. The number of nitrogens with zero attached hydrogens (tertiary/aromatic N) is 1. The van der Waals surface area contributed by atoms with Gasteiger partial charge in [0, 0.05) is 0 Å². The standard InChI is InChI=1S/C14H12ClFN2O/c15-9-14(17)18-11-6-2-4-8-13(11)19-12-7-3-1-5-10(12)16/h1-8H,9H2,(H2,17,18). The number of benzene rings is 2. The molecule has 0 unspecified atom stereocenters. The molecule has 0 bridgehead atoms. The van der Waals surface area contributed by atoms with E-state index in [1.165, 1.54) is 6.07 Å². The summed E-state index contributed by atoms with van der Waals surface area (Å²) in [5.74, 6) is 0.502. The van der Waals surface area contributed by atoms with Crippen molar-refractivity contribution in [1.29, 1.82) is 0 Å². The van der Waals surface area contributed by atoms with Crippen molar-refractivity contribution >= 4 is 23.1 Å². The Bertz CT molecular complexity index is 602.